The molecule has 6 nitrogen and oxygen atoms in total. The summed E-state index contributed by atoms with van der Waals surface area (Å²) < 4.78 is 17.0. The molecule has 2 aromatic rings. The Labute approximate surface area is 134 Å². The number of methoxy groups -OCH3 is 1. The fraction of sp³-hybridized carbons (Fsp3) is 0.294. The Bertz CT molecular complexity index is 770. The first kappa shape index (κ1) is 15.1. The summed E-state index contributed by atoms with van der Waals surface area (Å²) in [5, 5.41) is 3.57. The molecule has 0 N–H and O–H groups in total. The van der Waals surface area contributed by atoms with E-state index < -0.39 is 0 Å². The van der Waals surface area contributed by atoms with Gasteiger partial charge in [0.1, 0.15) is 18.5 Å². The molecule has 0 aromatic heterocycles. The van der Waals surface area contributed by atoms with Gasteiger partial charge in [0.15, 0.2) is 11.5 Å². The number of ether oxygens (including phenoxy) is 3. The fourth-order valence-electron chi connectivity index (χ4n) is 2.63. The third-order valence-corrected chi connectivity index (χ3v) is 3.76. The van der Waals surface area contributed by atoms with Gasteiger partial charge in [-0.1, -0.05) is 23.3 Å². The van der Waals surface area contributed by atoms with Crippen LogP contribution in [0.3, 0.4) is 0 Å². The lowest BCUT2D eigenvalue weighted by Crippen LogP contribution is -2.31. The summed E-state index contributed by atoms with van der Waals surface area (Å²) in [6.45, 7) is 2.64. The molecule has 0 radical (unpaired) electrons. The summed E-state index contributed by atoms with van der Waals surface area (Å²) in [5.41, 5.74) is 11.5. The Balaban J connectivity index is 2.00. The van der Waals surface area contributed by atoms with Crippen LogP contribution in [0.2, 0.25) is 0 Å². The topological polar surface area (TPSA) is 76.5 Å². The van der Waals surface area contributed by atoms with E-state index in [2.05, 4.69) is 10.0 Å². The number of rotatable bonds is 4. The van der Waals surface area contributed by atoms with Crippen LogP contribution in [0.1, 0.15) is 5.56 Å². The van der Waals surface area contributed by atoms with Gasteiger partial charge in [-0.15, -0.1) is 0 Å². The van der Waals surface area contributed by atoms with E-state index in [1.54, 1.807) is 7.11 Å². The van der Waals surface area contributed by atoms with Crippen molar-refractivity contribution >= 4 is 0 Å². The van der Waals surface area contributed by atoms with Crippen LogP contribution in [0.15, 0.2) is 41.5 Å². The maximum atomic E-state index is 8.46. The number of benzene rings is 2. The molecule has 0 aliphatic carbocycles. The Morgan fingerprint density at radius 3 is 2.91 bits per heavy atom. The molecule has 3 rings (SSSR count). The normalized spacial score (nSPS) is 15.7. The second kappa shape index (κ2) is 6.50. The van der Waals surface area contributed by atoms with Gasteiger partial charge in [-0.3, -0.25) is 0 Å². The second-order valence-electron chi connectivity index (χ2n) is 5.28. The van der Waals surface area contributed by atoms with Crippen LogP contribution >= 0.6 is 0 Å². The van der Waals surface area contributed by atoms with Crippen molar-refractivity contribution < 1.29 is 14.2 Å². The predicted molar refractivity (Wildman–Crippen MR) is 87.1 cm³/mol. The first-order chi connectivity index (χ1) is 11.2. The lowest BCUT2D eigenvalue weighted by molar-refractivity contribution is 0.0977. The van der Waals surface area contributed by atoms with E-state index in [0.717, 1.165) is 22.4 Å². The molecule has 0 fully saturated rings. The molecule has 1 atom stereocenters. The highest BCUT2D eigenvalue weighted by atomic mass is 16.6. The molecule has 0 saturated heterocycles. The first-order valence-electron chi connectivity index (χ1n) is 7.31. The van der Waals surface area contributed by atoms with E-state index in [1.165, 1.54) is 0 Å². The molecular formula is C17H17N3O3. The molecule has 23 heavy (non-hydrogen) atoms. The minimum absolute atomic E-state index is 0.242. The van der Waals surface area contributed by atoms with Crippen molar-refractivity contribution in [2.75, 3.05) is 20.3 Å². The minimum Gasteiger partial charge on any atom is -0.497 e. The van der Waals surface area contributed by atoms with Gasteiger partial charge in [0.2, 0.25) is 0 Å². The van der Waals surface area contributed by atoms with Crippen LogP contribution in [0.5, 0.6) is 17.2 Å². The number of aryl methyl sites for hydroxylation is 1. The Morgan fingerprint density at radius 2 is 2.17 bits per heavy atom. The Hall–Kier alpha value is -2.85. The van der Waals surface area contributed by atoms with E-state index in [9.17, 15) is 0 Å². The highest BCUT2D eigenvalue weighted by Crippen LogP contribution is 2.42. The average molecular weight is 311 g/mol. The number of hydrogen-bond donors (Lipinski definition) is 0. The van der Waals surface area contributed by atoms with Crippen molar-refractivity contribution in [3.05, 3.63) is 52.4 Å². The third-order valence-electron chi connectivity index (χ3n) is 3.76. The van der Waals surface area contributed by atoms with Crippen molar-refractivity contribution in [3.63, 3.8) is 0 Å². The van der Waals surface area contributed by atoms with Crippen LogP contribution in [-0.4, -0.2) is 26.4 Å². The summed E-state index contributed by atoms with van der Waals surface area (Å²) in [7, 11) is 1.65. The summed E-state index contributed by atoms with van der Waals surface area (Å²) in [6, 6.07) is 11.7. The Morgan fingerprint density at radius 1 is 1.30 bits per heavy atom. The van der Waals surface area contributed by atoms with Gasteiger partial charge in [-0.05, 0) is 41.8 Å². The lowest BCUT2D eigenvalue weighted by atomic mass is 9.98. The van der Waals surface area contributed by atoms with Gasteiger partial charge in [0.25, 0.3) is 0 Å². The molecule has 6 heteroatoms. The van der Waals surface area contributed by atoms with Crippen molar-refractivity contribution in [2.24, 2.45) is 5.11 Å². The molecule has 118 valence electrons. The van der Waals surface area contributed by atoms with Crippen molar-refractivity contribution in [1.82, 2.24) is 0 Å². The number of para-hydroxylation sites is 1. The van der Waals surface area contributed by atoms with Gasteiger partial charge in [0, 0.05) is 10.5 Å². The predicted octanol–water partition coefficient (Wildman–Crippen LogP) is 4.12. The fourth-order valence-corrected chi connectivity index (χ4v) is 2.63. The molecule has 2 aromatic carbocycles. The zero-order chi connectivity index (χ0) is 16.2. The maximum Gasteiger partial charge on any atom is 0.169 e. The zero-order valence-electron chi connectivity index (χ0n) is 13.0. The first-order valence-corrected chi connectivity index (χ1v) is 7.31. The van der Waals surface area contributed by atoms with Crippen LogP contribution in [-0.2, 0) is 0 Å². The number of nitrogens with zero attached hydrogens (tertiary/aromatic N) is 3. The second-order valence-corrected chi connectivity index (χ2v) is 5.28. The van der Waals surface area contributed by atoms with Crippen molar-refractivity contribution in [2.45, 2.75) is 13.0 Å². The van der Waals surface area contributed by atoms with Gasteiger partial charge in [-0.25, -0.2) is 0 Å². The zero-order valence-corrected chi connectivity index (χ0v) is 13.0. The molecule has 1 heterocycles. The summed E-state index contributed by atoms with van der Waals surface area (Å²) >= 11 is 0. The molecule has 1 aliphatic rings. The third kappa shape index (κ3) is 3.03. The van der Waals surface area contributed by atoms with E-state index in [4.69, 9.17) is 19.7 Å². The molecule has 0 unspecified atom stereocenters. The quantitative estimate of drug-likeness (QED) is 0.484. The molecule has 0 spiro atoms. The van der Waals surface area contributed by atoms with E-state index >= 15 is 0 Å². The van der Waals surface area contributed by atoms with Gasteiger partial charge >= 0.3 is 0 Å². The van der Waals surface area contributed by atoms with Gasteiger partial charge in [-0.2, -0.15) is 0 Å². The number of azide groups is 1. The molecule has 1 aliphatic heterocycles. The van der Waals surface area contributed by atoms with Gasteiger partial charge in [0.05, 0.1) is 13.7 Å². The van der Waals surface area contributed by atoms with Gasteiger partial charge < -0.3 is 14.2 Å². The Kier molecular flexibility index (Phi) is 4.26. The van der Waals surface area contributed by atoms with Crippen LogP contribution in [0.4, 0.5) is 0 Å². The summed E-state index contributed by atoms with van der Waals surface area (Å²) in [4.78, 5) is 2.78. The van der Waals surface area contributed by atoms with E-state index in [0.29, 0.717) is 18.1 Å². The average Bonchev–Trinajstić information content (AvgIpc) is 2.59. The summed E-state index contributed by atoms with van der Waals surface area (Å²) in [5.74, 6) is 2.20. The largest absolute Gasteiger partial charge is 0.497 e. The molecule has 0 amide bonds. The van der Waals surface area contributed by atoms with Crippen molar-refractivity contribution in [1.29, 1.82) is 0 Å². The smallest absolute Gasteiger partial charge is 0.169 e. The SMILES string of the molecule is COc1ccc(-c2cccc3c2O[C@@H](CN=[N+]=[N-])CO3)c(C)c1. The maximum absolute atomic E-state index is 8.46. The van der Waals surface area contributed by atoms with E-state index in [-0.39, 0.29) is 12.6 Å². The summed E-state index contributed by atoms with van der Waals surface area (Å²) in [6.07, 6.45) is -0.280. The van der Waals surface area contributed by atoms with Crippen LogP contribution in [0.25, 0.3) is 21.6 Å². The van der Waals surface area contributed by atoms with Crippen molar-refractivity contribution in [3.8, 4) is 28.4 Å². The lowest BCUT2D eigenvalue weighted by Gasteiger charge is -2.27. The highest BCUT2D eigenvalue weighted by molar-refractivity contribution is 5.77. The molecular weight excluding hydrogens is 294 g/mol. The number of hydrogen-bond acceptors (Lipinski definition) is 4. The minimum atomic E-state index is -0.280. The molecule has 0 saturated carbocycles. The van der Waals surface area contributed by atoms with E-state index in [1.807, 2.05) is 43.3 Å². The monoisotopic (exact) mass is 311 g/mol. The number of fused-ring (bicyclic) bond motifs is 1. The van der Waals surface area contributed by atoms with Crippen LogP contribution in [0, 0.1) is 6.92 Å². The standard InChI is InChI=1S/C17H17N3O3/c1-11-8-12(21-2)6-7-14(11)15-4-3-5-16-17(15)23-13(10-22-16)9-19-20-18/h3-8,13H,9-10H2,1-2H3/t13-/m0/s1. The van der Waals surface area contributed by atoms with Crippen LogP contribution < -0.4 is 14.2 Å². The molecule has 0 bridgehead atoms. The highest BCUT2D eigenvalue weighted by Gasteiger charge is 2.24.